The third kappa shape index (κ3) is 1.67. The summed E-state index contributed by atoms with van der Waals surface area (Å²) in [7, 11) is 0. The van der Waals surface area contributed by atoms with Gasteiger partial charge in [0.15, 0.2) is 0 Å². The topological polar surface area (TPSA) is 38.3 Å². The Hall–Kier alpha value is -0.570. The number of carbonyl (C=O) groups is 1. The lowest BCUT2D eigenvalue weighted by molar-refractivity contribution is -0.129. The number of hydrogen-bond donors (Lipinski definition) is 1. The Kier molecular flexibility index (Phi) is 2.16. The van der Waals surface area contributed by atoms with Crippen LogP contribution in [0.3, 0.4) is 0 Å². The highest BCUT2D eigenvalue weighted by Crippen LogP contribution is 2.54. The molecule has 1 N–H and O–H groups in total. The van der Waals surface area contributed by atoms with Crippen LogP contribution in [-0.2, 0) is 9.53 Å². The van der Waals surface area contributed by atoms with Gasteiger partial charge in [-0.3, -0.25) is 4.79 Å². The summed E-state index contributed by atoms with van der Waals surface area (Å²) in [6, 6.07) is 0. The third-order valence-corrected chi connectivity index (χ3v) is 4.03. The van der Waals surface area contributed by atoms with E-state index in [0.717, 1.165) is 19.4 Å². The molecule has 1 amide bonds. The molecule has 2 aliphatic rings. The number of amides is 1. The monoisotopic (exact) mass is 211 g/mol. The molecular weight excluding hydrogens is 190 g/mol. The van der Waals surface area contributed by atoms with Gasteiger partial charge in [0.2, 0.25) is 5.91 Å². The predicted octanol–water partition coefficient (Wildman–Crippen LogP) is 1.86. The van der Waals surface area contributed by atoms with Crippen LogP contribution in [0.4, 0.5) is 0 Å². The number of rotatable bonds is 0. The van der Waals surface area contributed by atoms with E-state index in [1.54, 1.807) is 0 Å². The zero-order valence-electron chi connectivity index (χ0n) is 10.1. The van der Waals surface area contributed by atoms with Crippen LogP contribution < -0.4 is 5.32 Å². The molecule has 0 saturated carbocycles. The van der Waals surface area contributed by atoms with E-state index in [2.05, 4.69) is 33.0 Å². The van der Waals surface area contributed by atoms with E-state index in [9.17, 15) is 4.79 Å². The average molecular weight is 211 g/mol. The molecule has 2 rings (SSSR count). The molecule has 0 aromatic heterocycles. The lowest BCUT2D eigenvalue weighted by atomic mass is 9.67. The van der Waals surface area contributed by atoms with Crippen molar-refractivity contribution in [2.75, 3.05) is 6.54 Å². The molecular formula is C12H21NO2. The van der Waals surface area contributed by atoms with Crippen molar-refractivity contribution in [1.29, 1.82) is 0 Å². The SMILES string of the molecule is CC1(C)CC2(CCC(=O)NC2)C(C)(C)O1. The van der Waals surface area contributed by atoms with Crippen molar-refractivity contribution in [3.05, 3.63) is 0 Å². The van der Waals surface area contributed by atoms with Crippen molar-refractivity contribution >= 4 is 5.91 Å². The fraction of sp³-hybridized carbons (Fsp3) is 0.917. The molecule has 0 aliphatic carbocycles. The second kappa shape index (κ2) is 2.97. The molecule has 3 nitrogen and oxygen atoms in total. The summed E-state index contributed by atoms with van der Waals surface area (Å²) in [6.07, 6.45) is 2.63. The molecule has 2 heterocycles. The fourth-order valence-corrected chi connectivity index (χ4v) is 3.32. The second-order valence-corrected chi connectivity index (χ2v) is 6.11. The van der Waals surface area contributed by atoms with Gasteiger partial charge in [0.1, 0.15) is 0 Å². The Bertz CT molecular complexity index is 284. The summed E-state index contributed by atoms with van der Waals surface area (Å²) >= 11 is 0. The van der Waals surface area contributed by atoms with E-state index in [1.165, 1.54) is 0 Å². The van der Waals surface area contributed by atoms with Crippen LogP contribution >= 0.6 is 0 Å². The predicted molar refractivity (Wildman–Crippen MR) is 58.5 cm³/mol. The maximum Gasteiger partial charge on any atom is 0.220 e. The molecule has 1 spiro atoms. The maximum absolute atomic E-state index is 11.2. The first-order valence-corrected chi connectivity index (χ1v) is 5.73. The Morgan fingerprint density at radius 3 is 2.33 bits per heavy atom. The highest BCUT2D eigenvalue weighted by atomic mass is 16.5. The van der Waals surface area contributed by atoms with E-state index in [1.807, 2.05) is 0 Å². The Morgan fingerprint density at radius 2 is 1.93 bits per heavy atom. The first-order chi connectivity index (χ1) is 6.77. The van der Waals surface area contributed by atoms with Crippen molar-refractivity contribution in [3.63, 3.8) is 0 Å². The quantitative estimate of drug-likeness (QED) is 0.664. The molecule has 86 valence electrons. The van der Waals surface area contributed by atoms with Crippen LogP contribution in [0.5, 0.6) is 0 Å². The first-order valence-electron chi connectivity index (χ1n) is 5.73. The number of hydrogen-bond acceptors (Lipinski definition) is 2. The van der Waals surface area contributed by atoms with Crippen LogP contribution in [0, 0.1) is 5.41 Å². The molecule has 2 saturated heterocycles. The summed E-state index contributed by atoms with van der Waals surface area (Å²) in [4.78, 5) is 11.2. The van der Waals surface area contributed by atoms with E-state index in [-0.39, 0.29) is 22.5 Å². The first kappa shape index (κ1) is 10.9. The average Bonchev–Trinajstić information content (AvgIpc) is 2.23. The van der Waals surface area contributed by atoms with Gasteiger partial charge in [0.05, 0.1) is 11.2 Å². The van der Waals surface area contributed by atoms with Gasteiger partial charge in [-0.2, -0.15) is 0 Å². The fourth-order valence-electron chi connectivity index (χ4n) is 3.32. The molecule has 15 heavy (non-hydrogen) atoms. The van der Waals surface area contributed by atoms with Crippen molar-refractivity contribution in [2.45, 2.75) is 58.2 Å². The normalized spacial score (nSPS) is 38.0. The minimum atomic E-state index is -0.135. The number of piperidine rings is 1. The highest BCUT2D eigenvalue weighted by molar-refractivity contribution is 5.77. The van der Waals surface area contributed by atoms with Crippen molar-refractivity contribution in [1.82, 2.24) is 5.32 Å². The maximum atomic E-state index is 11.2. The zero-order chi connectivity index (χ0) is 11.3. The van der Waals surface area contributed by atoms with Crippen molar-refractivity contribution in [3.8, 4) is 0 Å². The Morgan fingerprint density at radius 1 is 1.27 bits per heavy atom. The molecule has 2 fully saturated rings. The van der Waals surface area contributed by atoms with Crippen LogP contribution in [0.15, 0.2) is 0 Å². The summed E-state index contributed by atoms with van der Waals surface area (Å²) in [5.41, 5.74) is -0.0693. The second-order valence-electron chi connectivity index (χ2n) is 6.11. The Balaban J connectivity index is 2.24. The lowest BCUT2D eigenvalue weighted by Crippen LogP contribution is -2.52. The van der Waals surface area contributed by atoms with Crippen molar-refractivity contribution < 1.29 is 9.53 Å². The van der Waals surface area contributed by atoms with Crippen molar-refractivity contribution in [2.24, 2.45) is 5.41 Å². The number of nitrogens with one attached hydrogen (secondary N) is 1. The zero-order valence-corrected chi connectivity index (χ0v) is 10.1. The van der Waals surface area contributed by atoms with Gasteiger partial charge in [-0.1, -0.05) is 0 Å². The molecule has 0 radical (unpaired) electrons. The summed E-state index contributed by atoms with van der Waals surface area (Å²) in [5, 5.41) is 2.99. The largest absolute Gasteiger partial charge is 0.369 e. The van der Waals surface area contributed by atoms with E-state index < -0.39 is 0 Å². The minimum absolute atomic E-state index is 0.0639. The molecule has 1 atom stereocenters. The van der Waals surface area contributed by atoms with Gasteiger partial charge >= 0.3 is 0 Å². The number of carbonyl (C=O) groups excluding carboxylic acids is 1. The van der Waals surface area contributed by atoms with Crippen LogP contribution in [-0.4, -0.2) is 23.7 Å². The Labute approximate surface area is 91.6 Å². The summed E-state index contributed by atoms with van der Waals surface area (Å²) in [5.74, 6) is 0.182. The van der Waals surface area contributed by atoms with Gasteiger partial charge in [0.25, 0.3) is 0 Å². The summed E-state index contributed by atoms with van der Waals surface area (Å²) < 4.78 is 6.11. The van der Waals surface area contributed by atoms with Crippen LogP contribution in [0.2, 0.25) is 0 Å². The molecule has 2 aliphatic heterocycles. The van der Waals surface area contributed by atoms with E-state index in [4.69, 9.17) is 4.74 Å². The van der Waals surface area contributed by atoms with Gasteiger partial charge in [-0.25, -0.2) is 0 Å². The van der Waals surface area contributed by atoms with Crippen LogP contribution in [0.25, 0.3) is 0 Å². The molecule has 0 aromatic rings. The van der Waals surface area contributed by atoms with Crippen LogP contribution in [0.1, 0.15) is 47.0 Å². The van der Waals surface area contributed by atoms with Gasteiger partial charge in [0, 0.05) is 18.4 Å². The van der Waals surface area contributed by atoms with Gasteiger partial charge in [-0.05, 0) is 40.5 Å². The third-order valence-electron chi connectivity index (χ3n) is 4.03. The van der Waals surface area contributed by atoms with Gasteiger partial charge in [-0.15, -0.1) is 0 Å². The summed E-state index contributed by atoms with van der Waals surface area (Å²) in [6.45, 7) is 9.35. The lowest BCUT2D eigenvalue weighted by Gasteiger charge is -2.42. The van der Waals surface area contributed by atoms with E-state index in [0.29, 0.717) is 6.42 Å². The minimum Gasteiger partial charge on any atom is -0.369 e. The molecule has 1 unspecified atom stereocenters. The standard InChI is InChI=1S/C12H21NO2/c1-10(2)7-12(11(3,4)15-10)6-5-9(14)13-8-12/h5-8H2,1-4H3,(H,13,14). The van der Waals surface area contributed by atoms with E-state index >= 15 is 0 Å². The number of ether oxygens (including phenoxy) is 1. The molecule has 0 aromatic carbocycles. The smallest absolute Gasteiger partial charge is 0.220 e. The molecule has 3 heteroatoms. The van der Waals surface area contributed by atoms with Gasteiger partial charge < -0.3 is 10.1 Å². The highest BCUT2D eigenvalue weighted by Gasteiger charge is 2.57. The molecule has 0 bridgehead atoms.